The van der Waals surface area contributed by atoms with Gasteiger partial charge in [0.05, 0.1) is 5.56 Å². The number of hydrogen-bond donors (Lipinski definition) is 0. The summed E-state index contributed by atoms with van der Waals surface area (Å²) in [6.45, 7) is 0. The third-order valence-corrected chi connectivity index (χ3v) is 2.80. The summed E-state index contributed by atoms with van der Waals surface area (Å²) in [6.07, 6.45) is -4.37. The topological polar surface area (TPSA) is 18.5 Å². The minimum atomic E-state index is -4.37. The van der Waals surface area contributed by atoms with Gasteiger partial charge < -0.3 is 9.31 Å². The minimum Gasteiger partial charge on any atom is -0.519 e. The highest BCUT2D eigenvalue weighted by molar-refractivity contribution is 6.63. The van der Waals surface area contributed by atoms with Gasteiger partial charge in [0.2, 0.25) is 0 Å². The van der Waals surface area contributed by atoms with E-state index in [1.165, 1.54) is 6.07 Å². The molecule has 0 aromatic heterocycles. The first-order valence-corrected chi connectivity index (χ1v) is 5.63. The molecule has 0 saturated carbocycles. The van der Waals surface area contributed by atoms with E-state index in [9.17, 15) is 13.2 Å². The van der Waals surface area contributed by atoms with Gasteiger partial charge in [-0.3, -0.25) is 0 Å². The van der Waals surface area contributed by atoms with Crippen molar-refractivity contribution in [1.29, 1.82) is 0 Å². The number of alkyl halides is 3. The standard InChI is InChI=1S/C13H8BF3O2/c15-13(16,17)9-4-3-5-10(8-9)14-18-11-6-1-2-7-12(11)19-14/h1-8H. The molecule has 96 valence electrons. The van der Waals surface area contributed by atoms with Crippen molar-refractivity contribution >= 4 is 12.6 Å². The van der Waals surface area contributed by atoms with Crippen LogP contribution in [0.25, 0.3) is 0 Å². The average Bonchev–Trinajstić information content (AvgIpc) is 2.81. The lowest BCUT2D eigenvalue weighted by Crippen LogP contribution is -2.39. The Morgan fingerprint density at radius 3 is 2.05 bits per heavy atom. The van der Waals surface area contributed by atoms with E-state index in [4.69, 9.17) is 9.31 Å². The normalized spacial score (nSPS) is 13.7. The van der Waals surface area contributed by atoms with E-state index < -0.39 is 18.9 Å². The van der Waals surface area contributed by atoms with Gasteiger partial charge in [-0.15, -0.1) is 0 Å². The third kappa shape index (κ3) is 2.25. The van der Waals surface area contributed by atoms with Crippen LogP contribution in [0.15, 0.2) is 48.5 Å². The summed E-state index contributed by atoms with van der Waals surface area (Å²) in [7, 11) is -0.834. The Morgan fingerprint density at radius 2 is 1.47 bits per heavy atom. The molecule has 1 aliphatic heterocycles. The van der Waals surface area contributed by atoms with Crippen LogP contribution in [0, 0.1) is 0 Å². The van der Waals surface area contributed by atoms with Crippen LogP contribution in [-0.4, -0.2) is 7.12 Å². The highest BCUT2D eigenvalue weighted by Gasteiger charge is 2.36. The van der Waals surface area contributed by atoms with Gasteiger partial charge in [-0.25, -0.2) is 0 Å². The summed E-state index contributed by atoms with van der Waals surface area (Å²) < 4.78 is 48.9. The molecule has 1 aliphatic rings. The Morgan fingerprint density at radius 1 is 0.842 bits per heavy atom. The molecule has 2 aromatic carbocycles. The largest absolute Gasteiger partial charge is 0.632 e. The van der Waals surface area contributed by atoms with E-state index in [2.05, 4.69) is 0 Å². The molecule has 0 amide bonds. The molecular formula is C13H8BF3O2. The molecule has 1 heterocycles. The Hall–Kier alpha value is -2.11. The van der Waals surface area contributed by atoms with Gasteiger partial charge >= 0.3 is 13.3 Å². The molecule has 2 nitrogen and oxygen atoms in total. The Labute approximate surface area is 107 Å². The predicted molar refractivity (Wildman–Crippen MR) is 64.5 cm³/mol. The molecule has 0 bridgehead atoms. The van der Waals surface area contributed by atoms with E-state index in [1.54, 1.807) is 30.3 Å². The lowest BCUT2D eigenvalue weighted by atomic mass is 9.78. The lowest BCUT2D eigenvalue weighted by Gasteiger charge is -2.09. The van der Waals surface area contributed by atoms with Crippen LogP contribution in [0.2, 0.25) is 0 Å². The van der Waals surface area contributed by atoms with E-state index in [1.807, 2.05) is 0 Å². The fourth-order valence-electron chi connectivity index (χ4n) is 1.90. The fraction of sp³-hybridized carbons (Fsp3) is 0.0769. The monoisotopic (exact) mass is 264 g/mol. The second kappa shape index (κ2) is 4.22. The molecule has 0 saturated heterocycles. The highest BCUT2D eigenvalue weighted by Crippen LogP contribution is 2.33. The fourth-order valence-corrected chi connectivity index (χ4v) is 1.90. The van der Waals surface area contributed by atoms with Crippen molar-refractivity contribution < 1.29 is 22.5 Å². The van der Waals surface area contributed by atoms with Gasteiger partial charge in [-0.2, -0.15) is 13.2 Å². The van der Waals surface area contributed by atoms with Gasteiger partial charge in [0.1, 0.15) is 11.5 Å². The number of fused-ring (bicyclic) bond motifs is 1. The van der Waals surface area contributed by atoms with Gasteiger partial charge in [-0.05, 0) is 18.2 Å². The summed E-state index contributed by atoms with van der Waals surface area (Å²) in [5.41, 5.74) is -0.376. The maximum atomic E-state index is 12.6. The molecule has 3 rings (SSSR count). The first-order chi connectivity index (χ1) is 9.04. The smallest absolute Gasteiger partial charge is 0.519 e. The molecule has 0 unspecified atom stereocenters. The Balaban J connectivity index is 1.90. The number of rotatable bonds is 1. The van der Waals surface area contributed by atoms with E-state index in [0.29, 0.717) is 17.0 Å². The quantitative estimate of drug-likeness (QED) is 0.737. The van der Waals surface area contributed by atoms with Crippen LogP contribution in [0.3, 0.4) is 0 Å². The zero-order chi connectivity index (χ0) is 13.5. The zero-order valence-electron chi connectivity index (χ0n) is 9.65. The summed E-state index contributed by atoms with van der Waals surface area (Å²) >= 11 is 0. The Bertz CT molecular complexity index is 588. The van der Waals surface area contributed by atoms with Gasteiger partial charge in [0.25, 0.3) is 0 Å². The van der Waals surface area contributed by atoms with Crippen molar-refractivity contribution in [3.05, 3.63) is 54.1 Å². The van der Waals surface area contributed by atoms with Crippen LogP contribution in [-0.2, 0) is 6.18 Å². The third-order valence-electron chi connectivity index (χ3n) is 2.80. The predicted octanol–water partition coefficient (Wildman–Crippen LogP) is 2.87. The van der Waals surface area contributed by atoms with Gasteiger partial charge in [-0.1, -0.05) is 30.3 Å². The van der Waals surface area contributed by atoms with Crippen LogP contribution in [0.4, 0.5) is 13.2 Å². The SMILES string of the molecule is FC(F)(F)c1cccc(B2Oc3ccccc3O2)c1. The summed E-state index contributed by atoms with van der Waals surface area (Å²) in [4.78, 5) is 0. The van der Waals surface area contributed by atoms with Crippen molar-refractivity contribution in [2.45, 2.75) is 6.18 Å². The Kier molecular flexibility index (Phi) is 2.66. The zero-order valence-corrected chi connectivity index (χ0v) is 9.65. The molecule has 0 atom stereocenters. The van der Waals surface area contributed by atoms with Crippen molar-refractivity contribution in [3.63, 3.8) is 0 Å². The molecule has 6 heteroatoms. The first kappa shape index (κ1) is 12.0. The maximum absolute atomic E-state index is 12.6. The number of benzene rings is 2. The summed E-state index contributed by atoms with van der Waals surface area (Å²) in [5.74, 6) is 1.06. The van der Waals surface area contributed by atoms with E-state index in [0.717, 1.165) is 12.1 Å². The first-order valence-electron chi connectivity index (χ1n) is 5.63. The van der Waals surface area contributed by atoms with Crippen LogP contribution in [0.5, 0.6) is 11.5 Å². The average molecular weight is 264 g/mol. The molecule has 0 aliphatic carbocycles. The summed E-state index contributed by atoms with van der Waals surface area (Å²) in [5, 5.41) is 0. The van der Waals surface area contributed by atoms with Gasteiger partial charge in [0, 0.05) is 5.46 Å². The van der Waals surface area contributed by atoms with Crippen molar-refractivity contribution in [3.8, 4) is 11.5 Å². The van der Waals surface area contributed by atoms with Crippen LogP contribution in [0.1, 0.15) is 5.56 Å². The molecule has 2 aromatic rings. The molecule has 19 heavy (non-hydrogen) atoms. The second-order valence-electron chi connectivity index (χ2n) is 4.14. The maximum Gasteiger partial charge on any atom is 0.632 e. The van der Waals surface area contributed by atoms with Crippen LogP contribution < -0.4 is 14.8 Å². The van der Waals surface area contributed by atoms with Crippen molar-refractivity contribution in [2.75, 3.05) is 0 Å². The second-order valence-corrected chi connectivity index (χ2v) is 4.14. The summed E-state index contributed by atoms with van der Waals surface area (Å²) in [6, 6.07) is 11.9. The van der Waals surface area contributed by atoms with E-state index in [-0.39, 0.29) is 0 Å². The lowest BCUT2D eigenvalue weighted by molar-refractivity contribution is -0.137. The molecule has 0 N–H and O–H groups in total. The minimum absolute atomic E-state index is 0.339. The molecule has 0 radical (unpaired) electrons. The molecular weight excluding hydrogens is 256 g/mol. The molecule has 0 spiro atoms. The van der Waals surface area contributed by atoms with E-state index >= 15 is 0 Å². The van der Waals surface area contributed by atoms with Crippen molar-refractivity contribution in [1.82, 2.24) is 0 Å². The van der Waals surface area contributed by atoms with Crippen molar-refractivity contribution in [2.24, 2.45) is 0 Å². The highest BCUT2D eigenvalue weighted by atomic mass is 19.4. The number of hydrogen-bond acceptors (Lipinski definition) is 2. The number of para-hydroxylation sites is 2. The van der Waals surface area contributed by atoms with Crippen LogP contribution >= 0.6 is 0 Å². The molecule has 0 fully saturated rings. The number of halogens is 3. The van der Waals surface area contributed by atoms with Gasteiger partial charge in [0.15, 0.2) is 0 Å².